The van der Waals surface area contributed by atoms with Crippen LogP contribution >= 0.6 is 11.3 Å². The van der Waals surface area contributed by atoms with Gasteiger partial charge >= 0.3 is 24.1 Å². The van der Waals surface area contributed by atoms with Crippen molar-refractivity contribution >= 4 is 108 Å². The number of anilines is 2. The number of nitrogens with two attached hydrogens (primary N) is 1. The first-order chi connectivity index (χ1) is 51.2. The number of aromatic nitrogens is 4. The van der Waals surface area contributed by atoms with Gasteiger partial charge in [0.05, 0.1) is 47.0 Å². The molecular weight excluding hydrogens is 1430 g/mol. The molecule has 5 heterocycles. The number of primary amides is 1. The number of Topliss-reactive ketones (excluding diaryl/α,β-unsaturated/α-hetero) is 3. The maximum absolute atomic E-state index is 14.1. The van der Waals surface area contributed by atoms with E-state index in [-0.39, 0.29) is 79.8 Å². The van der Waals surface area contributed by atoms with Crippen molar-refractivity contribution in [3.8, 4) is 11.1 Å². The Balaban J connectivity index is 0.709. The highest BCUT2D eigenvalue weighted by atomic mass is 32.2. The monoisotopic (exact) mass is 1520 g/mol. The first kappa shape index (κ1) is 78.9. The van der Waals surface area contributed by atoms with Crippen LogP contribution < -0.4 is 26.6 Å². The van der Waals surface area contributed by atoms with Gasteiger partial charge in [-0.1, -0.05) is 87.6 Å². The van der Waals surface area contributed by atoms with E-state index in [4.69, 9.17) is 25.3 Å². The number of pyridine rings is 1. The second kappa shape index (κ2) is 32.8. The maximum Gasteiger partial charge on any atom is 0.410 e. The van der Waals surface area contributed by atoms with Crippen molar-refractivity contribution in [2.24, 2.45) is 39.7 Å². The lowest BCUT2D eigenvalue weighted by atomic mass is 9.39. The van der Waals surface area contributed by atoms with Crippen molar-refractivity contribution in [2.45, 2.75) is 156 Å². The first-order valence-corrected chi connectivity index (χ1v) is 38.6. The number of aliphatic carboxylic acids is 1. The number of carboxylic acids is 2. The van der Waals surface area contributed by atoms with E-state index in [0.717, 1.165) is 71.3 Å². The van der Waals surface area contributed by atoms with E-state index >= 15 is 0 Å². The van der Waals surface area contributed by atoms with Crippen LogP contribution in [0.2, 0.25) is 0 Å². The highest BCUT2D eigenvalue weighted by Crippen LogP contribution is 2.72. The van der Waals surface area contributed by atoms with E-state index in [2.05, 4.69) is 34.8 Å². The molecule has 31 heteroatoms. The van der Waals surface area contributed by atoms with Gasteiger partial charge in [-0.25, -0.2) is 24.4 Å². The standard InChI is InChI=1S/C77H91N11O18S2/c1-46(2)55(34-60(90)51(19-24-66(94)95)33-52(89)36-87-64(92)22-23-65(87)93)69(97)81-58(13-9-26-79-71(78)100)61(91)32-48-15-17-49(18-16-48)38-105-73(101)85(29-31-108(102,103)104)28-30-106-77-42-74(4)39-75(5,43-77)41-76(40-74,44-77)45-88-47(3)56(35-80-88)53-20-21-63(83-67(53)70(98)99)86-27-25-50-10-8-11-54(57(50)37-86)68(96)84-72-82-59-12-6-7-14-62(59)107-72/h6-8,10-12,14-18,20-23,35,46,51,55,58H,9,13,19,24-34,36-45H2,1-5H3,(H,81,97)(H,94,95)(H,98,99)(H3,78,79,100)(H,82,84,96)(H,102,103,104)/t51-,55+,58+,74?,75?,76?,77?/m1/s1. The number of rotatable bonds is 36. The number of urea groups is 1. The summed E-state index contributed by atoms with van der Waals surface area (Å²) in [4.78, 5) is 157. The van der Waals surface area contributed by atoms with Crippen molar-refractivity contribution < 1.29 is 85.4 Å². The number of nitrogens with one attached hydrogen (secondary N) is 3. The summed E-state index contributed by atoms with van der Waals surface area (Å²) in [7, 11) is -4.54. The van der Waals surface area contributed by atoms with Gasteiger partial charge in [0.2, 0.25) is 5.91 Å². The van der Waals surface area contributed by atoms with Crippen molar-refractivity contribution in [3.05, 3.63) is 136 Å². The van der Waals surface area contributed by atoms with Crippen LogP contribution in [-0.2, 0) is 85.7 Å². The average Bonchev–Trinajstić information content (AvgIpc) is 0.775. The predicted molar refractivity (Wildman–Crippen MR) is 397 cm³/mol. The lowest BCUT2D eigenvalue weighted by Crippen LogP contribution is -2.64. The van der Waals surface area contributed by atoms with Gasteiger partial charge in [-0.15, -0.1) is 0 Å². The summed E-state index contributed by atoms with van der Waals surface area (Å²) in [6.45, 7) is 9.89. The minimum Gasteiger partial charge on any atom is -0.481 e. The molecule has 3 aromatic carbocycles. The Labute approximate surface area is 628 Å². The Bertz CT molecular complexity index is 4600. The molecule has 0 spiro atoms. The molecule has 12 rings (SSSR count). The molecule has 4 aliphatic carbocycles. The second-order valence-electron chi connectivity index (χ2n) is 30.7. The van der Waals surface area contributed by atoms with Crippen LogP contribution in [0.3, 0.4) is 0 Å². The number of hydrogen-bond donors (Lipinski definition) is 7. The Morgan fingerprint density at radius 2 is 1.52 bits per heavy atom. The number of amides is 7. The Morgan fingerprint density at radius 1 is 0.806 bits per heavy atom. The summed E-state index contributed by atoms with van der Waals surface area (Å²) < 4.78 is 49.8. The number of carbonyl (C=O) groups is 11. The van der Waals surface area contributed by atoms with Gasteiger partial charge in [0, 0.05) is 111 Å². The van der Waals surface area contributed by atoms with Crippen molar-refractivity contribution in [1.82, 2.24) is 40.2 Å². The molecule has 7 amide bonds. The lowest BCUT2D eigenvalue weighted by molar-refractivity contribution is -0.248. The molecular formula is C77H91N11O18S2. The number of ether oxygens (including phenoxy) is 2. The normalized spacial score (nSPS) is 20.8. The number of imide groups is 1. The fourth-order valence-electron chi connectivity index (χ4n) is 17.5. The summed E-state index contributed by atoms with van der Waals surface area (Å²) in [5.74, 6) is -9.55. The van der Waals surface area contributed by atoms with Gasteiger partial charge in [-0.2, -0.15) is 13.5 Å². The smallest absolute Gasteiger partial charge is 0.410 e. The predicted octanol–water partition coefficient (Wildman–Crippen LogP) is 8.68. The molecule has 8 N–H and O–H groups in total. The number of thiazole rings is 1. The fourth-order valence-corrected chi connectivity index (χ4v) is 18.8. The first-order valence-electron chi connectivity index (χ1n) is 36.2. The molecule has 2 aliphatic heterocycles. The minimum atomic E-state index is -4.54. The van der Waals surface area contributed by atoms with E-state index in [1.54, 1.807) is 56.4 Å². The van der Waals surface area contributed by atoms with E-state index in [1.807, 2.05) is 59.0 Å². The molecule has 0 saturated heterocycles. The van der Waals surface area contributed by atoms with Crippen molar-refractivity contribution in [3.63, 3.8) is 0 Å². The third kappa shape index (κ3) is 19.2. The largest absolute Gasteiger partial charge is 0.481 e. The van der Waals surface area contributed by atoms with Gasteiger partial charge in [0.1, 0.15) is 18.2 Å². The number of ketones is 3. The summed E-state index contributed by atoms with van der Waals surface area (Å²) in [6, 6.07) is 21.4. The van der Waals surface area contributed by atoms with Gasteiger partial charge in [-0.3, -0.25) is 57.8 Å². The zero-order chi connectivity index (χ0) is 77.6. The molecule has 2 unspecified atom stereocenters. The number of carbonyl (C=O) groups excluding carboxylic acids is 9. The zero-order valence-electron chi connectivity index (χ0n) is 61.0. The minimum absolute atomic E-state index is 0.00656. The third-order valence-electron chi connectivity index (χ3n) is 21.5. The molecule has 5 atom stereocenters. The maximum atomic E-state index is 14.1. The van der Waals surface area contributed by atoms with Crippen LogP contribution in [0.4, 0.5) is 20.5 Å². The molecule has 3 aromatic heterocycles. The van der Waals surface area contributed by atoms with Crippen LogP contribution in [0.15, 0.2) is 97.2 Å². The van der Waals surface area contributed by atoms with Crippen molar-refractivity contribution in [2.75, 3.05) is 55.3 Å². The third-order valence-corrected chi connectivity index (χ3v) is 23.1. The van der Waals surface area contributed by atoms with Gasteiger partial charge in [0.15, 0.2) is 22.4 Å². The number of nitrogens with zero attached hydrogens (tertiary/aromatic N) is 7. The molecule has 4 bridgehead atoms. The highest BCUT2D eigenvalue weighted by molar-refractivity contribution is 7.85. The molecule has 574 valence electrons. The van der Waals surface area contributed by atoms with Crippen LogP contribution in [-0.4, -0.2) is 174 Å². The zero-order valence-corrected chi connectivity index (χ0v) is 62.6. The average molecular weight is 1520 g/mol. The van der Waals surface area contributed by atoms with Crippen LogP contribution in [0, 0.1) is 40.9 Å². The fraction of sp³-hybridized carbons (Fsp3) is 0.481. The van der Waals surface area contributed by atoms with Gasteiger partial charge < -0.3 is 45.9 Å². The topological polar surface area (TPSA) is 416 Å². The van der Waals surface area contributed by atoms with E-state index < -0.39 is 137 Å². The lowest BCUT2D eigenvalue weighted by Gasteiger charge is -2.69. The second-order valence-corrected chi connectivity index (χ2v) is 33.3. The Kier molecular flexibility index (Phi) is 24.0. The van der Waals surface area contributed by atoms with Crippen LogP contribution in [0.5, 0.6) is 0 Å². The molecule has 4 fully saturated rings. The van der Waals surface area contributed by atoms with E-state index in [9.17, 15) is 75.9 Å². The van der Waals surface area contributed by atoms with Crippen LogP contribution in [0.1, 0.15) is 154 Å². The quantitative estimate of drug-likeness (QED) is 0.0110. The molecule has 6 aromatic rings. The summed E-state index contributed by atoms with van der Waals surface area (Å²) in [5.41, 5.74) is 9.85. The molecule has 6 aliphatic rings. The summed E-state index contributed by atoms with van der Waals surface area (Å²) >= 11 is 1.39. The van der Waals surface area contributed by atoms with Crippen LogP contribution in [0.25, 0.3) is 21.3 Å². The number of fused-ring (bicyclic) bond motifs is 2. The Hall–Kier alpha value is -10.1. The Morgan fingerprint density at radius 3 is 2.19 bits per heavy atom. The highest BCUT2D eigenvalue weighted by Gasteiger charge is 2.66. The molecule has 29 nitrogen and oxygen atoms in total. The van der Waals surface area contributed by atoms with Crippen molar-refractivity contribution in [1.29, 1.82) is 0 Å². The molecule has 4 saturated carbocycles. The summed E-state index contributed by atoms with van der Waals surface area (Å²) in [6.07, 6.45) is 6.67. The number of hydrogen-bond acceptors (Lipinski definition) is 20. The number of aromatic carboxylic acids is 1. The molecule has 108 heavy (non-hydrogen) atoms. The number of benzene rings is 3. The number of carboxylic acid groups (broad SMARTS) is 2. The van der Waals surface area contributed by atoms with E-state index in [1.165, 1.54) is 16.2 Å². The SMILES string of the molecule is Cc1c(-c2ccc(N3CCc4cccc(C(=O)Nc5nc6ccccc6s5)c4C3)nc2C(=O)O)cnn1CC12CC3(C)CC(C)(C1)CC(OCCN(CCS(=O)(=O)O)C(=O)OCc1ccc(CC(=O)[C@H](CCCNC(N)=O)NC(=O)[C@@H](CC(=O)[C@H](CCC(=O)O)CC(=O)CN4C(=O)C=CC4=O)C(C)C)cc1)(C3)C2. The number of para-hydroxylation sites is 1. The van der Waals surface area contributed by atoms with Gasteiger partial charge in [0.25, 0.3) is 27.8 Å². The van der Waals surface area contributed by atoms with E-state index in [0.29, 0.717) is 76.1 Å². The van der Waals surface area contributed by atoms with Gasteiger partial charge in [-0.05, 0) is 146 Å². The summed E-state index contributed by atoms with van der Waals surface area (Å²) in [5, 5.41) is 33.8. The molecule has 0 radical (unpaired) electrons.